The summed E-state index contributed by atoms with van der Waals surface area (Å²) in [6, 6.07) is 5.17. The van der Waals surface area contributed by atoms with Crippen molar-refractivity contribution >= 4 is 22.4 Å². The first-order chi connectivity index (χ1) is 9.84. The van der Waals surface area contributed by atoms with E-state index < -0.39 is 10.0 Å². The zero-order chi connectivity index (χ0) is 15.3. The third-order valence-electron chi connectivity index (χ3n) is 4.52. The molecule has 1 aromatic rings. The molecule has 2 unspecified atom stereocenters. The molecule has 0 spiro atoms. The molecule has 5 nitrogen and oxygen atoms in total. The smallest absolute Gasteiger partial charge is 0.243 e. The number of hydrogen-bond donors (Lipinski definition) is 1. The molecule has 3 rings (SSSR count). The van der Waals surface area contributed by atoms with Gasteiger partial charge in [-0.15, -0.1) is 12.4 Å². The number of nitrogens with two attached hydrogens (primary N) is 1. The number of nitrogens with zero attached hydrogens (tertiary/aromatic N) is 1. The van der Waals surface area contributed by atoms with Crippen molar-refractivity contribution in [1.82, 2.24) is 4.31 Å². The highest BCUT2D eigenvalue weighted by molar-refractivity contribution is 7.89. The van der Waals surface area contributed by atoms with Gasteiger partial charge in [-0.1, -0.05) is 6.92 Å². The van der Waals surface area contributed by atoms with Crippen molar-refractivity contribution < 1.29 is 13.2 Å². The Labute approximate surface area is 138 Å². The first kappa shape index (κ1) is 17.5. The minimum Gasteiger partial charge on any atom is -0.490 e. The van der Waals surface area contributed by atoms with Crippen LogP contribution in [0.1, 0.15) is 25.8 Å². The van der Waals surface area contributed by atoms with Gasteiger partial charge >= 0.3 is 0 Å². The van der Waals surface area contributed by atoms with Crippen LogP contribution in [0.3, 0.4) is 0 Å². The van der Waals surface area contributed by atoms with Crippen LogP contribution in [-0.2, 0) is 16.4 Å². The molecule has 7 heteroatoms. The monoisotopic (exact) mass is 346 g/mol. The molecule has 0 bridgehead atoms. The molecule has 22 heavy (non-hydrogen) atoms. The number of ether oxygens (including phenoxy) is 1. The molecule has 2 atom stereocenters. The Kier molecular flexibility index (Phi) is 4.78. The molecule has 0 aromatic heterocycles. The van der Waals surface area contributed by atoms with Gasteiger partial charge in [0.05, 0.1) is 4.90 Å². The van der Waals surface area contributed by atoms with E-state index in [9.17, 15) is 8.42 Å². The van der Waals surface area contributed by atoms with Crippen molar-refractivity contribution in [2.45, 2.75) is 37.7 Å². The number of hydrogen-bond acceptors (Lipinski definition) is 4. The fraction of sp³-hybridized carbons (Fsp3) is 0.600. The molecule has 1 saturated heterocycles. The number of halogens is 1. The third kappa shape index (κ3) is 2.97. The van der Waals surface area contributed by atoms with Crippen molar-refractivity contribution in [2.75, 3.05) is 19.6 Å². The highest BCUT2D eigenvalue weighted by atomic mass is 35.5. The van der Waals surface area contributed by atoms with Crippen LogP contribution in [0, 0.1) is 5.41 Å². The van der Waals surface area contributed by atoms with Crippen LogP contribution in [0.2, 0.25) is 0 Å². The average molecular weight is 347 g/mol. The Hall–Kier alpha value is -0.820. The van der Waals surface area contributed by atoms with Crippen LogP contribution < -0.4 is 10.5 Å². The van der Waals surface area contributed by atoms with E-state index in [1.165, 1.54) is 0 Å². The summed E-state index contributed by atoms with van der Waals surface area (Å²) in [5, 5.41) is 0. The normalized spacial score (nSPS) is 28.0. The zero-order valence-electron chi connectivity index (χ0n) is 12.9. The molecular weight excluding hydrogens is 324 g/mol. The molecule has 0 amide bonds. The second kappa shape index (κ2) is 6.00. The number of fused-ring (bicyclic) bond motifs is 1. The maximum absolute atomic E-state index is 12.8. The van der Waals surface area contributed by atoms with Gasteiger partial charge in [-0.25, -0.2) is 8.42 Å². The molecule has 2 aliphatic heterocycles. The lowest BCUT2D eigenvalue weighted by Crippen LogP contribution is -2.34. The summed E-state index contributed by atoms with van der Waals surface area (Å²) in [6.07, 6.45) is 1.69. The minimum absolute atomic E-state index is 0. The Balaban J connectivity index is 0.00000176. The SMILES string of the molecule is CC1Cc2cc(S(=O)(=O)N3CCC(C)(CN)C3)ccc2O1.Cl. The van der Waals surface area contributed by atoms with Gasteiger partial charge in [0.25, 0.3) is 0 Å². The predicted octanol–water partition coefficient (Wildman–Crippen LogP) is 1.79. The first-order valence-corrected chi connectivity index (χ1v) is 8.78. The number of sulfonamides is 1. The van der Waals surface area contributed by atoms with Gasteiger partial charge in [-0.2, -0.15) is 4.31 Å². The molecule has 2 aliphatic rings. The van der Waals surface area contributed by atoms with E-state index in [0.29, 0.717) is 24.5 Å². The van der Waals surface area contributed by atoms with Gasteiger partial charge in [-0.3, -0.25) is 0 Å². The van der Waals surface area contributed by atoms with Crippen molar-refractivity contribution in [1.29, 1.82) is 0 Å². The van der Waals surface area contributed by atoms with Gasteiger partial charge in [-0.05, 0) is 49.1 Å². The Morgan fingerprint density at radius 2 is 2.18 bits per heavy atom. The molecule has 0 radical (unpaired) electrons. The van der Waals surface area contributed by atoms with Gasteiger partial charge < -0.3 is 10.5 Å². The summed E-state index contributed by atoms with van der Waals surface area (Å²) in [7, 11) is -3.44. The van der Waals surface area contributed by atoms with Crippen molar-refractivity contribution in [3.05, 3.63) is 23.8 Å². The Morgan fingerprint density at radius 1 is 1.45 bits per heavy atom. The lowest BCUT2D eigenvalue weighted by Gasteiger charge is -2.22. The van der Waals surface area contributed by atoms with Gasteiger partial charge in [0.15, 0.2) is 0 Å². The van der Waals surface area contributed by atoms with Crippen molar-refractivity contribution in [2.24, 2.45) is 11.1 Å². The number of rotatable bonds is 3. The topological polar surface area (TPSA) is 72.6 Å². The molecular formula is C15H23ClN2O3S. The lowest BCUT2D eigenvalue weighted by molar-refractivity contribution is 0.254. The highest BCUT2D eigenvalue weighted by Crippen LogP contribution is 2.35. The quantitative estimate of drug-likeness (QED) is 0.905. The maximum Gasteiger partial charge on any atom is 0.243 e. The second-order valence-electron chi connectivity index (χ2n) is 6.51. The fourth-order valence-electron chi connectivity index (χ4n) is 3.06. The fourth-order valence-corrected chi connectivity index (χ4v) is 4.70. The molecule has 2 heterocycles. The summed E-state index contributed by atoms with van der Waals surface area (Å²) < 4.78 is 32.7. The third-order valence-corrected chi connectivity index (χ3v) is 6.36. The van der Waals surface area contributed by atoms with Crippen LogP contribution in [0.4, 0.5) is 0 Å². The van der Waals surface area contributed by atoms with Crippen molar-refractivity contribution in [3.8, 4) is 5.75 Å². The van der Waals surface area contributed by atoms with E-state index >= 15 is 0 Å². The van der Waals surface area contributed by atoms with Gasteiger partial charge in [0, 0.05) is 19.5 Å². The summed E-state index contributed by atoms with van der Waals surface area (Å²) in [6.45, 7) is 5.58. The molecule has 0 saturated carbocycles. The molecule has 0 aliphatic carbocycles. The largest absolute Gasteiger partial charge is 0.490 e. The van der Waals surface area contributed by atoms with E-state index in [2.05, 4.69) is 0 Å². The van der Waals surface area contributed by atoms with E-state index in [1.54, 1.807) is 22.5 Å². The van der Waals surface area contributed by atoms with E-state index in [4.69, 9.17) is 10.5 Å². The van der Waals surface area contributed by atoms with Gasteiger partial charge in [0.1, 0.15) is 11.9 Å². The minimum atomic E-state index is -3.44. The Bertz CT molecular complexity index is 665. The molecule has 1 fully saturated rings. The van der Waals surface area contributed by atoms with Crippen LogP contribution in [0.25, 0.3) is 0 Å². The summed E-state index contributed by atoms with van der Waals surface area (Å²) in [5.74, 6) is 0.801. The van der Waals surface area contributed by atoms with Crippen LogP contribution in [-0.4, -0.2) is 38.5 Å². The zero-order valence-corrected chi connectivity index (χ0v) is 14.5. The molecule has 2 N–H and O–H groups in total. The summed E-state index contributed by atoms with van der Waals surface area (Å²) in [5.41, 5.74) is 6.63. The summed E-state index contributed by atoms with van der Waals surface area (Å²) in [4.78, 5) is 0.361. The van der Waals surface area contributed by atoms with Crippen LogP contribution >= 0.6 is 12.4 Å². The van der Waals surface area contributed by atoms with Crippen LogP contribution in [0.15, 0.2) is 23.1 Å². The first-order valence-electron chi connectivity index (χ1n) is 7.34. The summed E-state index contributed by atoms with van der Waals surface area (Å²) >= 11 is 0. The maximum atomic E-state index is 12.8. The molecule has 1 aromatic carbocycles. The van der Waals surface area contributed by atoms with E-state index in [-0.39, 0.29) is 23.9 Å². The van der Waals surface area contributed by atoms with Crippen molar-refractivity contribution in [3.63, 3.8) is 0 Å². The van der Waals surface area contributed by atoms with E-state index in [0.717, 1.165) is 24.2 Å². The highest BCUT2D eigenvalue weighted by Gasteiger charge is 2.39. The second-order valence-corrected chi connectivity index (χ2v) is 8.44. The average Bonchev–Trinajstić information content (AvgIpc) is 3.01. The molecule has 124 valence electrons. The van der Waals surface area contributed by atoms with Crippen LogP contribution in [0.5, 0.6) is 5.75 Å². The lowest BCUT2D eigenvalue weighted by atomic mass is 9.90. The van der Waals surface area contributed by atoms with E-state index in [1.807, 2.05) is 13.8 Å². The predicted molar refractivity (Wildman–Crippen MR) is 88.0 cm³/mol. The Morgan fingerprint density at radius 3 is 2.82 bits per heavy atom. The standard InChI is InChI=1S/C15H22N2O3S.ClH/c1-11-7-12-8-13(3-4-14(12)20-11)21(18,19)17-6-5-15(2,9-16)10-17;/h3-4,8,11H,5-7,9-10,16H2,1-2H3;1H. The number of benzene rings is 1. The van der Waals surface area contributed by atoms with Gasteiger partial charge in [0.2, 0.25) is 10.0 Å².